The molecule has 0 amide bonds. The molecule has 2 aliphatic carbocycles. The van der Waals surface area contributed by atoms with E-state index in [2.05, 4.69) is 50.4 Å². The quantitative estimate of drug-likeness (QED) is 0.302. The molecule has 1 aromatic carbocycles. The van der Waals surface area contributed by atoms with Gasteiger partial charge in [-0.05, 0) is 64.3 Å². The molecule has 0 radical (unpaired) electrons. The van der Waals surface area contributed by atoms with Crippen LogP contribution in [0, 0.1) is 0 Å². The van der Waals surface area contributed by atoms with E-state index in [1.54, 1.807) is 0 Å². The predicted octanol–water partition coefficient (Wildman–Crippen LogP) is 7.02. The normalized spacial score (nSPS) is 21.2. The Balaban J connectivity index is 1.88. The van der Waals surface area contributed by atoms with Crippen LogP contribution in [0.15, 0.2) is 40.3 Å². The fourth-order valence-corrected chi connectivity index (χ4v) is 8.06. The van der Waals surface area contributed by atoms with Crippen molar-refractivity contribution in [1.29, 1.82) is 0 Å². The highest BCUT2D eigenvalue weighted by atomic mass is 31.1. The van der Waals surface area contributed by atoms with Crippen LogP contribution in [0.5, 0.6) is 0 Å². The lowest BCUT2D eigenvalue weighted by Crippen LogP contribution is -2.24. The number of nitrogens with zero attached hydrogens (tertiary/aromatic N) is 2. The molecule has 26 heavy (non-hydrogen) atoms. The molecule has 0 saturated heterocycles. The Morgan fingerprint density at radius 1 is 0.885 bits per heavy atom. The van der Waals surface area contributed by atoms with E-state index in [0.29, 0.717) is 6.04 Å². The van der Waals surface area contributed by atoms with Gasteiger partial charge in [0.2, 0.25) is 0 Å². The minimum absolute atomic E-state index is 0.237. The molecular formula is C23H35N2P. The van der Waals surface area contributed by atoms with Gasteiger partial charge in [-0.2, -0.15) is 0 Å². The smallest absolute Gasteiger partial charge is 0.146 e. The summed E-state index contributed by atoms with van der Waals surface area (Å²) in [4.78, 5) is 10.1. The predicted molar refractivity (Wildman–Crippen MR) is 117 cm³/mol. The zero-order valence-corrected chi connectivity index (χ0v) is 17.5. The zero-order chi connectivity index (χ0) is 18.2. The van der Waals surface area contributed by atoms with Crippen LogP contribution in [-0.4, -0.2) is 29.2 Å². The van der Waals surface area contributed by atoms with E-state index >= 15 is 0 Å². The summed E-state index contributed by atoms with van der Waals surface area (Å²) in [6.45, 7) is 4.40. The maximum absolute atomic E-state index is 5.09. The first kappa shape index (κ1) is 19.7. The molecule has 0 aromatic heterocycles. The number of benzene rings is 1. The van der Waals surface area contributed by atoms with Crippen molar-refractivity contribution in [2.24, 2.45) is 9.98 Å². The van der Waals surface area contributed by atoms with Crippen molar-refractivity contribution in [3.05, 3.63) is 35.9 Å². The van der Waals surface area contributed by atoms with Gasteiger partial charge >= 0.3 is 0 Å². The van der Waals surface area contributed by atoms with Gasteiger partial charge < -0.3 is 0 Å². The highest BCUT2D eigenvalue weighted by molar-refractivity contribution is 7.76. The standard InChI is InChI=1S/C23H35N2P/c1-19(2)25-23(24-18-20-12-6-3-7-13-20)26(21-14-8-4-9-15-21)22-16-10-5-11-17-22/h3,6-7,12-13,18-19,21-22H,4-5,8-11,14-17H2,1-2H3. The molecule has 142 valence electrons. The average molecular weight is 371 g/mol. The molecule has 2 aliphatic rings. The van der Waals surface area contributed by atoms with E-state index in [0.717, 1.165) is 11.3 Å². The fraction of sp³-hybridized carbons (Fsp3) is 0.652. The summed E-state index contributed by atoms with van der Waals surface area (Å²) in [5, 5.41) is 0. The Bertz CT molecular complexity index is 563. The van der Waals surface area contributed by atoms with Gasteiger partial charge in [-0.15, -0.1) is 0 Å². The van der Waals surface area contributed by atoms with Gasteiger partial charge in [-0.1, -0.05) is 68.9 Å². The van der Waals surface area contributed by atoms with Crippen LogP contribution >= 0.6 is 7.92 Å². The molecule has 0 N–H and O–H groups in total. The van der Waals surface area contributed by atoms with Gasteiger partial charge in [0.05, 0.1) is 0 Å². The van der Waals surface area contributed by atoms with E-state index in [1.807, 2.05) is 0 Å². The second-order valence-electron chi connectivity index (χ2n) is 8.18. The monoisotopic (exact) mass is 370 g/mol. The third kappa shape index (κ3) is 5.74. The fourth-order valence-electron chi connectivity index (χ4n) is 4.41. The highest BCUT2D eigenvalue weighted by Gasteiger charge is 2.34. The molecule has 3 rings (SSSR count). The molecule has 0 atom stereocenters. The molecule has 2 saturated carbocycles. The van der Waals surface area contributed by atoms with Crippen molar-refractivity contribution < 1.29 is 0 Å². The third-order valence-corrected chi connectivity index (χ3v) is 8.97. The minimum Gasteiger partial charge on any atom is -0.264 e. The maximum atomic E-state index is 5.09. The Hall–Kier alpha value is -1.01. The number of aliphatic imine (C=N–C) groups is 2. The summed E-state index contributed by atoms with van der Waals surface area (Å²) in [5.41, 5.74) is 4.10. The van der Waals surface area contributed by atoms with Gasteiger partial charge in [0, 0.05) is 12.3 Å². The summed E-state index contributed by atoms with van der Waals surface area (Å²) in [6.07, 6.45) is 16.2. The summed E-state index contributed by atoms with van der Waals surface area (Å²) < 4.78 is 0. The summed E-state index contributed by atoms with van der Waals surface area (Å²) in [6, 6.07) is 10.9. The summed E-state index contributed by atoms with van der Waals surface area (Å²) in [7, 11) is -0.237. The van der Waals surface area contributed by atoms with Crippen LogP contribution in [0.2, 0.25) is 0 Å². The van der Waals surface area contributed by atoms with Crippen LogP contribution in [0.4, 0.5) is 0 Å². The molecule has 2 nitrogen and oxygen atoms in total. The molecule has 0 heterocycles. The van der Waals surface area contributed by atoms with Crippen molar-refractivity contribution in [2.75, 3.05) is 0 Å². The molecule has 0 bridgehead atoms. The minimum atomic E-state index is -0.237. The van der Waals surface area contributed by atoms with Crippen molar-refractivity contribution in [2.45, 2.75) is 95.4 Å². The van der Waals surface area contributed by atoms with Gasteiger partial charge in [0.1, 0.15) is 5.58 Å². The first-order valence-electron chi connectivity index (χ1n) is 10.7. The summed E-state index contributed by atoms with van der Waals surface area (Å²) >= 11 is 0. The molecule has 2 fully saturated rings. The lowest BCUT2D eigenvalue weighted by atomic mass is 9.99. The zero-order valence-electron chi connectivity index (χ0n) is 16.6. The van der Waals surface area contributed by atoms with Crippen LogP contribution in [-0.2, 0) is 0 Å². The topological polar surface area (TPSA) is 24.7 Å². The van der Waals surface area contributed by atoms with Crippen molar-refractivity contribution >= 4 is 19.7 Å². The van der Waals surface area contributed by atoms with Crippen LogP contribution in [0.1, 0.15) is 83.6 Å². The number of hydrogen-bond donors (Lipinski definition) is 0. The molecule has 0 unspecified atom stereocenters. The average Bonchev–Trinajstić information content (AvgIpc) is 2.68. The van der Waals surface area contributed by atoms with Crippen molar-refractivity contribution in [1.82, 2.24) is 0 Å². The largest absolute Gasteiger partial charge is 0.264 e. The Morgan fingerprint density at radius 2 is 1.42 bits per heavy atom. The van der Waals surface area contributed by atoms with E-state index in [1.165, 1.54) is 75.3 Å². The van der Waals surface area contributed by atoms with Gasteiger partial charge in [0.15, 0.2) is 0 Å². The van der Waals surface area contributed by atoms with Crippen molar-refractivity contribution in [3.8, 4) is 0 Å². The number of hydrogen-bond acceptors (Lipinski definition) is 1. The first-order valence-corrected chi connectivity index (χ1v) is 12.2. The van der Waals surface area contributed by atoms with Gasteiger partial charge in [-0.3, -0.25) is 4.99 Å². The number of rotatable bonds is 5. The molecule has 3 heteroatoms. The Morgan fingerprint density at radius 3 is 1.92 bits per heavy atom. The Labute approximate surface area is 161 Å². The second-order valence-corrected chi connectivity index (χ2v) is 10.9. The lowest BCUT2D eigenvalue weighted by Gasteiger charge is -2.38. The molecular weight excluding hydrogens is 335 g/mol. The number of amidine groups is 1. The molecule has 0 aliphatic heterocycles. The van der Waals surface area contributed by atoms with E-state index in [4.69, 9.17) is 9.98 Å². The maximum Gasteiger partial charge on any atom is 0.146 e. The SMILES string of the molecule is CC(C)N=C(N=Cc1ccccc1)P(C1CCCCC1)C1CCCCC1. The van der Waals surface area contributed by atoms with Crippen molar-refractivity contribution in [3.63, 3.8) is 0 Å². The van der Waals surface area contributed by atoms with E-state index < -0.39 is 0 Å². The molecule has 0 spiro atoms. The molecule has 1 aromatic rings. The summed E-state index contributed by atoms with van der Waals surface area (Å²) in [5.74, 6) is 0. The van der Waals surface area contributed by atoms with E-state index in [9.17, 15) is 0 Å². The third-order valence-electron chi connectivity index (χ3n) is 5.67. The van der Waals surface area contributed by atoms with Gasteiger partial charge in [0.25, 0.3) is 0 Å². The van der Waals surface area contributed by atoms with Gasteiger partial charge in [-0.25, -0.2) is 4.99 Å². The second kappa shape index (κ2) is 10.4. The van der Waals surface area contributed by atoms with Crippen LogP contribution < -0.4 is 0 Å². The van der Waals surface area contributed by atoms with Crippen LogP contribution in [0.3, 0.4) is 0 Å². The first-order chi connectivity index (χ1) is 12.7. The van der Waals surface area contributed by atoms with Crippen LogP contribution in [0.25, 0.3) is 0 Å². The Kier molecular flexibility index (Phi) is 7.86. The van der Waals surface area contributed by atoms with E-state index in [-0.39, 0.29) is 7.92 Å². The highest BCUT2D eigenvalue weighted by Crippen LogP contribution is 2.57. The lowest BCUT2D eigenvalue weighted by molar-refractivity contribution is 0.487.